The van der Waals surface area contributed by atoms with Crippen LogP contribution in [0.4, 0.5) is 11.4 Å². The number of nitrogen functional groups attached to an aromatic ring is 1. The number of aliphatic hydroxyl groups excluding tert-OH is 1. The first-order chi connectivity index (χ1) is 10.0. The molecule has 0 atom stereocenters. The predicted octanol–water partition coefficient (Wildman–Crippen LogP) is 0.138. The van der Waals surface area contributed by atoms with E-state index in [2.05, 4.69) is 5.32 Å². The first kappa shape index (κ1) is 16.2. The maximum Gasteiger partial charge on any atom is 0.277 e. The molecule has 110 valence electrons. The Kier molecular flexibility index (Phi) is 5.92. The Morgan fingerprint density at radius 2 is 2.05 bits per heavy atom. The monoisotopic (exact) mass is 288 g/mol. The number of benzene rings is 1. The van der Waals surface area contributed by atoms with Crippen LogP contribution < -0.4 is 16.0 Å². The minimum absolute atomic E-state index is 0.141. The molecule has 0 saturated carbocycles. The molecule has 7 heteroatoms. The summed E-state index contributed by atoms with van der Waals surface area (Å²) in [6.45, 7) is 1.28. The second-order valence-corrected chi connectivity index (χ2v) is 4.10. The summed E-state index contributed by atoms with van der Waals surface area (Å²) in [4.78, 5) is 24.9. The molecule has 2 amide bonds. The molecule has 1 aromatic rings. The van der Waals surface area contributed by atoms with Crippen LogP contribution in [0.5, 0.6) is 0 Å². The molecule has 0 aromatic heterocycles. The molecule has 4 N–H and O–H groups in total. The summed E-state index contributed by atoms with van der Waals surface area (Å²) in [5, 5.41) is 20.3. The van der Waals surface area contributed by atoms with Gasteiger partial charge in [-0.15, -0.1) is 0 Å². The number of nitrogens with two attached hydrogens (primary N) is 1. The average molecular weight is 288 g/mol. The van der Waals surface area contributed by atoms with Gasteiger partial charge in [0, 0.05) is 25.4 Å². The standard InChI is InChI=1S/C14H16N4O3/c1-10(20)18(13-4-2-12(16)3-5-13)14(21)11(8-15)9-17-6-7-19/h2-5,9,17,19H,6-7,16H2,1H3/b11-9-. The van der Waals surface area contributed by atoms with Crippen LogP contribution in [0.1, 0.15) is 6.92 Å². The molecular formula is C14H16N4O3. The molecule has 1 rings (SSSR count). The Morgan fingerprint density at radius 3 is 2.52 bits per heavy atom. The molecule has 0 radical (unpaired) electrons. The van der Waals surface area contributed by atoms with Gasteiger partial charge in [0.2, 0.25) is 5.91 Å². The Hall–Kier alpha value is -2.85. The highest BCUT2D eigenvalue weighted by Gasteiger charge is 2.23. The normalized spacial score (nSPS) is 10.6. The van der Waals surface area contributed by atoms with Crippen molar-refractivity contribution in [2.75, 3.05) is 23.8 Å². The van der Waals surface area contributed by atoms with Gasteiger partial charge >= 0.3 is 0 Å². The maximum atomic E-state index is 12.3. The number of aliphatic hydroxyl groups is 1. The van der Waals surface area contributed by atoms with Crippen molar-refractivity contribution in [1.82, 2.24) is 5.32 Å². The van der Waals surface area contributed by atoms with Crippen molar-refractivity contribution < 1.29 is 14.7 Å². The lowest BCUT2D eigenvalue weighted by Crippen LogP contribution is -2.36. The van der Waals surface area contributed by atoms with E-state index in [4.69, 9.17) is 16.1 Å². The molecule has 0 unspecified atom stereocenters. The molecule has 0 aliphatic rings. The first-order valence-electron chi connectivity index (χ1n) is 6.16. The van der Waals surface area contributed by atoms with Crippen molar-refractivity contribution in [3.8, 4) is 6.07 Å². The molecule has 0 aliphatic carbocycles. The summed E-state index contributed by atoms with van der Waals surface area (Å²) < 4.78 is 0. The minimum Gasteiger partial charge on any atom is -0.399 e. The number of anilines is 2. The van der Waals surface area contributed by atoms with Crippen LogP contribution in [0, 0.1) is 11.3 Å². The number of carbonyl (C=O) groups is 2. The number of rotatable bonds is 5. The first-order valence-corrected chi connectivity index (χ1v) is 6.16. The average Bonchev–Trinajstić information content (AvgIpc) is 2.45. The van der Waals surface area contributed by atoms with Crippen LogP contribution in [0.3, 0.4) is 0 Å². The van der Waals surface area contributed by atoms with Crippen molar-refractivity contribution in [2.24, 2.45) is 0 Å². The summed E-state index contributed by atoms with van der Waals surface area (Å²) in [5.41, 5.74) is 6.14. The summed E-state index contributed by atoms with van der Waals surface area (Å²) in [7, 11) is 0. The van der Waals surface area contributed by atoms with Gasteiger partial charge in [0.15, 0.2) is 0 Å². The molecule has 0 heterocycles. The summed E-state index contributed by atoms with van der Waals surface area (Å²) in [5.74, 6) is -1.27. The van der Waals surface area contributed by atoms with Crippen LogP contribution in [-0.2, 0) is 9.59 Å². The largest absolute Gasteiger partial charge is 0.399 e. The molecule has 0 aliphatic heterocycles. The van der Waals surface area contributed by atoms with Gasteiger partial charge in [0.25, 0.3) is 5.91 Å². The minimum atomic E-state index is -0.750. The Labute approximate surface area is 122 Å². The zero-order chi connectivity index (χ0) is 15.8. The van der Waals surface area contributed by atoms with E-state index in [0.29, 0.717) is 11.4 Å². The lowest BCUT2D eigenvalue weighted by atomic mass is 10.2. The fourth-order valence-corrected chi connectivity index (χ4v) is 1.57. The number of amides is 2. The molecule has 7 nitrogen and oxygen atoms in total. The number of hydrogen-bond donors (Lipinski definition) is 3. The molecule has 0 spiro atoms. The van der Waals surface area contributed by atoms with Gasteiger partial charge in [-0.1, -0.05) is 0 Å². The van der Waals surface area contributed by atoms with Gasteiger partial charge in [0.05, 0.1) is 12.3 Å². The van der Waals surface area contributed by atoms with E-state index in [1.807, 2.05) is 0 Å². The fourth-order valence-electron chi connectivity index (χ4n) is 1.57. The third kappa shape index (κ3) is 4.33. The number of carbonyl (C=O) groups excluding carboxylic acids is 2. The van der Waals surface area contributed by atoms with Gasteiger partial charge in [0.1, 0.15) is 11.6 Å². The highest BCUT2D eigenvalue weighted by Crippen LogP contribution is 2.18. The van der Waals surface area contributed by atoms with Crippen molar-refractivity contribution in [2.45, 2.75) is 6.92 Å². The van der Waals surface area contributed by atoms with Gasteiger partial charge in [-0.25, -0.2) is 4.90 Å². The third-order valence-corrected chi connectivity index (χ3v) is 2.52. The second kappa shape index (κ2) is 7.67. The lowest BCUT2D eigenvalue weighted by Gasteiger charge is -2.18. The van der Waals surface area contributed by atoms with E-state index in [0.717, 1.165) is 4.90 Å². The molecule has 0 bridgehead atoms. The van der Waals surface area contributed by atoms with Crippen LogP contribution in [0.15, 0.2) is 36.0 Å². The SMILES string of the molecule is CC(=O)N(C(=O)/C(C#N)=C\NCCO)c1ccc(N)cc1. The maximum absolute atomic E-state index is 12.3. The topological polar surface area (TPSA) is 119 Å². The number of hydrogen-bond acceptors (Lipinski definition) is 6. The van der Waals surface area contributed by atoms with Gasteiger partial charge in [-0.3, -0.25) is 9.59 Å². The van der Waals surface area contributed by atoms with E-state index < -0.39 is 11.8 Å². The molecule has 0 saturated heterocycles. The van der Waals surface area contributed by atoms with E-state index in [9.17, 15) is 9.59 Å². The Bertz CT molecular complexity index is 587. The smallest absolute Gasteiger partial charge is 0.277 e. The van der Waals surface area contributed by atoms with Crippen molar-refractivity contribution in [3.63, 3.8) is 0 Å². The van der Waals surface area contributed by atoms with Crippen molar-refractivity contribution in [1.29, 1.82) is 5.26 Å². The summed E-state index contributed by atoms with van der Waals surface area (Å²) >= 11 is 0. The van der Waals surface area contributed by atoms with E-state index in [1.54, 1.807) is 18.2 Å². The van der Waals surface area contributed by atoms with Gasteiger partial charge in [-0.2, -0.15) is 5.26 Å². The quantitative estimate of drug-likeness (QED) is 0.307. The molecule has 0 fully saturated rings. The van der Waals surface area contributed by atoms with Gasteiger partial charge < -0.3 is 16.2 Å². The number of nitriles is 1. The summed E-state index contributed by atoms with van der Waals surface area (Å²) in [6.07, 6.45) is 1.17. The lowest BCUT2D eigenvalue weighted by molar-refractivity contribution is -0.123. The van der Waals surface area contributed by atoms with E-state index in [1.165, 1.54) is 25.3 Å². The van der Waals surface area contributed by atoms with E-state index >= 15 is 0 Å². The van der Waals surface area contributed by atoms with Crippen LogP contribution in [0.2, 0.25) is 0 Å². The zero-order valence-electron chi connectivity index (χ0n) is 11.5. The van der Waals surface area contributed by atoms with Crippen molar-refractivity contribution >= 4 is 23.2 Å². The summed E-state index contributed by atoms with van der Waals surface area (Å²) in [6, 6.07) is 7.87. The van der Waals surface area contributed by atoms with Crippen LogP contribution in [0.25, 0.3) is 0 Å². The molecule has 1 aromatic carbocycles. The number of nitrogens with zero attached hydrogens (tertiary/aromatic N) is 2. The third-order valence-electron chi connectivity index (χ3n) is 2.52. The Balaban J connectivity index is 3.07. The van der Waals surface area contributed by atoms with Crippen molar-refractivity contribution in [3.05, 3.63) is 36.0 Å². The number of imide groups is 1. The number of nitrogens with one attached hydrogen (secondary N) is 1. The second-order valence-electron chi connectivity index (χ2n) is 4.10. The predicted molar refractivity (Wildman–Crippen MR) is 77.8 cm³/mol. The van der Waals surface area contributed by atoms with Gasteiger partial charge in [-0.05, 0) is 24.3 Å². The highest BCUT2D eigenvalue weighted by molar-refractivity contribution is 6.21. The Morgan fingerprint density at radius 1 is 1.43 bits per heavy atom. The fraction of sp³-hybridized carbons (Fsp3) is 0.214. The highest BCUT2D eigenvalue weighted by atomic mass is 16.3. The van der Waals surface area contributed by atoms with E-state index in [-0.39, 0.29) is 18.7 Å². The molecule has 21 heavy (non-hydrogen) atoms. The zero-order valence-corrected chi connectivity index (χ0v) is 11.5. The van der Waals surface area contributed by atoms with Crippen LogP contribution >= 0.6 is 0 Å². The molecular weight excluding hydrogens is 272 g/mol. The van der Waals surface area contributed by atoms with Crippen LogP contribution in [-0.4, -0.2) is 30.1 Å².